The van der Waals surface area contributed by atoms with Crippen molar-refractivity contribution in [1.29, 1.82) is 5.26 Å². The van der Waals surface area contributed by atoms with Gasteiger partial charge in [-0.05, 0) is 31.0 Å². The molecule has 0 spiro atoms. The summed E-state index contributed by atoms with van der Waals surface area (Å²) in [4.78, 5) is 33.9. The molecule has 3 amide bonds. The highest BCUT2D eigenvalue weighted by Crippen LogP contribution is 2.39. The molecule has 1 aliphatic heterocycles. The summed E-state index contributed by atoms with van der Waals surface area (Å²) in [7, 11) is 0. The third kappa shape index (κ3) is 4.80. The van der Waals surface area contributed by atoms with Crippen molar-refractivity contribution in [2.45, 2.75) is 19.8 Å². The van der Waals surface area contributed by atoms with Gasteiger partial charge in [0.2, 0.25) is 5.91 Å². The first-order valence-corrected chi connectivity index (χ1v) is 10.4. The van der Waals surface area contributed by atoms with Gasteiger partial charge in [-0.25, -0.2) is 14.8 Å². The lowest BCUT2D eigenvalue weighted by Crippen LogP contribution is -2.24. The van der Waals surface area contributed by atoms with Crippen molar-refractivity contribution < 1.29 is 9.59 Å². The normalized spacial score (nSPS) is 13.1. The van der Waals surface area contributed by atoms with E-state index in [1.54, 1.807) is 18.2 Å². The Hall–Kier alpha value is -4.86. The summed E-state index contributed by atoms with van der Waals surface area (Å²) >= 11 is 0. The number of azo groups is 1. The molecule has 13 heteroatoms. The number of carbonyl (C=O) groups is 2. The molecule has 1 saturated heterocycles. The van der Waals surface area contributed by atoms with E-state index < -0.39 is 6.03 Å². The fourth-order valence-electron chi connectivity index (χ4n) is 3.57. The minimum absolute atomic E-state index is 0.107. The van der Waals surface area contributed by atoms with Crippen LogP contribution in [-0.4, -0.2) is 44.8 Å². The predicted octanol–water partition coefficient (Wildman–Crippen LogP) is 3.00. The SMILES string of the molecule is CC(=O)Nc1cc(N2CCCC2)c(NC(N)=O)cc1N=Nc1c(C#N)cnn1-c1ncccn1. The fraction of sp³-hybridized carbons (Fsp3) is 0.238. The molecule has 3 heterocycles. The molecule has 172 valence electrons. The van der Waals surface area contributed by atoms with Gasteiger partial charge in [-0.2, -0.15) is 15.0 Å². The zero-order valence-corrected chi connectivity index (χ0v) is 18.3. The summed E-state index contributed by atoms with van der Waals surface area (Å²) in [6.45, 7) is 2.98. The van der Waals surface area contributed by atoms with Crippen LogP contribution in [0.1, 0.15) is 25.3 Å². The van der Waals surface area contributed by atoms with Crippen LogP contribution < -0.4 is 21.3 Å². The Labute approximate surface area is 194 Å². The topological polar surface area (TPSA) is 180 Å². The Morgan fingerprint density at radius 3 is 2.50 bits per heavy atom. The van der Waals surface area contributed by atoms with Crippen LogP contribution in [0.4, 0.5) is 33.4 Å². The quantitative estimate of drug-likeness (QED) is 0.474. The second-order valence-electron chi connectivity index (χ2n) is 7.41. The highest BCUT2D eigenvalue weighted by atomic mass is 16.2. The van der Waals surface area contributed by atoms with Crippen molar-refractivity contribution >= 4 is 40.5 Å². The van der Waals surface area contributed by atoms with Gasteiger partial charge in [-0.15, -0.1) is 10.2 Å². The number of hydrogen-bond acceptors (Lipinski definition) is 9. The maximum Gasteiger partial charge on any atom is 0.316 e. The van der Waals surface area contributed by atoms with Crippen LogP contribution in [0.3, 0.4) is 0 Å². The first-order valence-electron chi connectivity index (χ1n) is 10.4. The molecular formula is C21H21N11O2. The number of aromatic nitrogens is 4. The number of carbonyl (C=O) groups excluding carboxylic acids is 2. The molecule has 4 rings (SSSR count). The molecule has 1 fully saturated rings. The van der Waals surface area contributed by atoms with Crippen LogP contribution in [0.25, 0.3) is 5.95 Å². The van der Waals surface area contributed by atoms with Crippen LogP contribution in [0, 0.1) is 11.3 Å². The van der Waals surface area contributed by atoms with E-state index in [0.29, 0.717) is 17.1 Å². The molecule has 3 aromatic rings. The van der Waals surface area contributed by atoms with Gasteiger partial charge in [0.15, 0.2) is 5.82 Å². The zero-order valence-electron chi connectivity index (χ0n) is 18.3. The van der Waals surface area contributed by atoms with Gasteiger partial charge < -0.3 is 21.3 Å². The monoisotopic (exact) mass is 459 g/mol. The molecule has 0 radical (unpaired) electrons. The van der Waals surface area contributed by atoms with E-state index >= 15 is 0 Å². The summed E-state index contributed by atoms with van der Waals surface area (Å²) in [5.74, 6) is 0.0101. The molecule has 0 bridgehead atoms. The Kier molecular flexibility index (Phi) is 6.40. The van der Waals surface area contributed by atoms with Crippen molar-refractivity contribution in [3.8, 4) is 12.0 Å². The van der Waals surface area contributed by atoms with Gasteiger partial charge in [0.1, 0.15) is 17.3 Å². The molecule has 13 nitrogen and oxygen atoms in total. The second kappa shape index (κ2) is 9.74. The Morgan fingerprint density at radius 2 is 1.85 bits per heavy atom. The zero-order chi connectivity index (χ0) is 24.1. The maximum atomic E-state index is 11.9. The smallest absolute Gasteiger partial charge is 0.316 e. The highest BCUT2D eigenvalue weighted by Gasteiger charge is 2.20. The average Bonchev–Trinajstić information content (AvgIpc) is 3.48. The molecular weight excluding hydrogens is 438 g/mol. The Balaban J connectivity index is 1.81. The number of nitriles is 1. The first-order chi connectivity index (χ1) is 16.5. The lowest BCUT2D eigenvalue weighted by molar-refractivity contribution is -0.114. The number of amides is 3. The second-order valence-corrected chi connectivity index (χ2v) is 7.41. The number of rotatable bonds is 6. The number of urea groups is 1. The van der Waals surface area contributed by atoms with Crippen LogP contribution in [-0.2, 0) is 4.79 Å². The molecule has 0 unspecified atom stereocenters. The van der Waals surface area contributed by atoms with Crippen LogP contribution in [0.5, 0.6) is 0 Å². The van der Waals surface area contributed by atoms with E-state index in [1.807, 2.05) is 6.07 Å². The minimum Gasteiger partial charge on any atom is -0.370 e. The standard InChI is InChI=1S/C21H21N11O2/c1-13(33)27-15-10-18(31-7-2-3-8-31)17(28-20(23)34)9-16(15)29-30-19-14(11-22)12-26-32(19)21-24-5-4-6-25-21/h4-6,9-10,12H,2-3,7-8H2,1H3,(H,27,33)(H3,23,28,34). The van der Waals surface area contributed by atoms with Crippen LogP contribution in [0.2, 0.25) is 0 Å². The molecule has 34 heavy (non-hydrogen) atoms. The number of hydrogen-bond donors (Lipinski definition) is 3. The summed E-state index contributed by atoms with van der Waals surface area (Å²) in [6.07, 6.45) is 6.41. The molecule has 0 saturated carbocycles. The molecule has 0 atom stereocenters. The van der Waals surface area contributed by atoms with E-state index in [-0.39, 0.29) is 28.9 Å². The van der Waals surface area contributed by atoms with Crippen LogP contribution >= 0.6 is 0 Å². The highest BCUT2D eigenvalue weighted by molar-refractivity contribution is 5.98. The number of nitrogens with zero attached hydrogens (tertiary/aromatic N) is 8. The molecule has 2 aromatic heterocycles. The molecule has 1 aromatic carbocycles. The van der Waals surface area contributed by atoms with Gasteiger partial charge in [0.25, 0.3) is 5.95 Å². The third-order valence-electron chi connectivity index (χ3n) is 4.99. The summed E-state index contributed by atoms with van der Waals surface area (Å²) in [6, 6.07) is 6.21. The molecule has 0 aliphatic carbocycles. The van der Waals surface area contributed by atoms with Gasteiger partial charge in [-0.1, -0.05) is 0 Å². The summed E-state index contributed by atoms with van der Waals surface area (Å²) in [5.41, 5.74) is 7.30. The summed E-state index contributed by atoms with van der Waals surface area (Å²) in [5, 5.41) is 27.5. The lowest BCUT2D eigenvalue weighted by atomic mass is 10.2. The van der Waals surface area contributed by atoms with E-state index in [9.17, 15) is 14.9 Å². The average molecular weight is 459 g/mol. The molecule has 4 N–H and O–H groups in total. The number of nitrogens with one attached hydrogen (secondary N) is 2. The van der Waals surface area contributed by atoms with E-state index in [4.69, 9.17) is 5.73 Å². The summed E-state index contributed by atoms with van der Waals surface area (Å²) < 4.78 is 1.28. The fourth-order valence-corrected chi connectivity index (χ4v) is 3.57. The van der Waals surface area contributed by atoms with E-state index in [2.05, 4.69) is 40.8 Å². The lowest BCUT2D eigenvalue weighted by Gasteiger charge is -2.23. The van der Waals surface area contributed by atoms with Crippen molar-refractivity contribution in [2.75, 3.05) is 28.6 Å². The van der Waals surface area contributed by atoms with E-state index in [0.717, 1.165) is 25.9 Å². The number of primary amides is 1. The van der Waals surface area contributed by atoms with Gasteiger partial charge in [-0.3, -0.25) is 4.79 Å². The maximum absolute atomic E-state index is 11.9. The minimum atomic E-state index is -0.735. The van der Waals surface area contributed by atoms with Crippen molar-refractivity contribution in [2.24, 2.45) is 16.0 Å². The molecule has 1 aliphatic rings. The predicted molar refractivity (Wildman–Crippen MR) is 123 cm³/mol. The Morgan fingerprint density at radius 1 is 1.12 bits per heavy atom. The number of benzene rings is 1. The van der Waals surface area contributed by atoms with Crippen molar-refractivity contribution in [3.63, 3.8) is 0 Å². The van der Waals surface area contributed by atoms with Crippen LogP contribution in [0.15, 0.2) is 47.0 Å². The largest absolute Gasteiger partial charge is 0.370 e. The van der Waals surface area contributed by atoms with Gasteiger partial charge >= 0.3 is 6.03 Å². The van der Waals surface area contributed by atoms with Gasteiger partial charge in [0.05, 0.1) is 23.3 Å². The third-order valence-corrected chi connectivity index (χ3v) is 4.99. The number of nitrogens with two attached hydrogens (primary N) is 1. The van der Waals surface area contributed by atoms with Crippen molar-refractivity contribution in [1.82, 2.24) is 19.7 Å². The number of anilines is 3. The van der Waals surface area contributed by atoms with Crippen molar-refractivity contribution in [3.05, 3.63) is 42.4 Å². The van der Waals surface area contributed by atoms with E-state index in [1.165, 1.54) is 30.2 Å². The first kappa shape index (κ1) is 22.3. The van der Waals surface area contributed by atoms with Gasteiger partial charge in [0, 0.05) is 32.4 Å². The Bertz CT molecular complexity index is 1290.